The molecule has 0 saturated carbocycles. The highest BCUT2D eigenvalue weighted by Crippen LogP contribution is 2.18. The van der Waals surface area contributed by atoms with E-state index in [1.807, 2.05) is 0 Å². The van der Waals surface area contributed by atoms with Crippen LogP contribution >= 0.6 is 11.3 Å². The van der Waals surface area contributed by atoms with Crippen LogP contribution in [0.2, 0.25) is 0 Å². The average molecular weight is 246 g/mol. The minimum Gasteiger partial charge on any atom is -0.197 e. The van der Waals surface area contributed by atoms with Crippen molar-refractivity contribution in [2.24, 2.45) is 0 Å². The van der Waals surface area contributed by atoms with Crippen LogP contribution in [0.25, 0.3) is 10.1 Å². The van der Waals surface area contributed by atoms with E-state index in [0.29, 0.717) is 0 Å². The molecule has 14 heavy (non-hydrogen) atoms. The number of hydrogen-bond donors (Lipinski definition) is 0. The van der Waals surface area contributed by atoms with Gasteiger partial charge in [0.1, 0.15) is 0 Å². The Labute approximate surface area is 93.9 Å². The van der Waals surface area contributed by atoms with Crippen molar-refractivity contribution in [3.8, 4) is 0 Å². The molecule has 6 heteroatoms. The number of benzene rings is 1. The van der Waals surface area contributed by atoms with Gasteiger partial charge in [-0.1, -0.05) is 18.2 Å². The fraction of sp³-hybridized carbons (Fsp3) is 0. The van der Waals surface area contributed by atoms with Gasteiger partial charge in [0.25, 0.3) is 0 Å². The molecule has 0 aliphatic heterocycles. The summed E-state index contributed by atoms with van der Waals surface area (Å²) >= 11 is 3.87. The molecule has 2 aromatic rings. The zero-order valence-corrected chi connectivity index (χ0v) is 9.36. The first-order chi connectivity index (χ1) is 6.88. The lowest BCUT2D eigenvalue weighted by atomic mass is 10.3. The Bertz CT molecular complexity index is 377. The molecule has 0 atom stereocenters. The third-order valence-corrected chi connectivity index (χ3v) is 2.26. The van der Waals surface area contributed by atoms with Gasteiger partial charge in [-0.25, -0.2) is 0 Å². The molecule has 0 unspecified atom stereocenters. The highest BCUT2D eigenvalue weighted by atomic mass is 32.1. The Kier molecular flexibility index (Phi) is 8.01. The van der Waals surface area contributed by atoms with E-state index in [-0.39, 0.29) is 0 Å². The molecular formula is C8H6O3S3. The molecule has 1 aromatic heterocycles. The standard InChI is InChI=1S/C8H6S.O2S.OS/c1-2-4-8-7(3-1)5-6-9-8;1-3-2;1-2/h1-6H;;. The first-order valence-electron chi connectivity index (χ1n) is 3.39. The fourth-order valence-electron chi connectivity index (χ4n) is 0.906. The van der Waals surface area contributed by atoms with Gasteiger partial charge in [0.2, 0.25) is 0 Å². The lowest BCUT2D eigenvalue weighted by Gasteiger charge is -1.82. The molecule has 0 bridgehead atoms. The summed E-state index contributed by atoms with van der Waals surface area (Å²) in [5.41, 5.74) is 0. The average Bonchev–Trinajstić information content (AvgIpc) is 2.69. The highest BCUT2D eigenvalue weighted by molar-refractivity contribution is 7.51. The van der Waals surface area contributed by atoms with Crippen molar-refractivity contribution in [3.05, 3.63) is 35.7 Å². The summed E-state index contributed by atoms with van der Waals surface area (Å²) < 4.78 is 25.8. The van der Waals surface area contributed by atoms with E-state index < -0.39 is 11.6 Å². The van der Waals surface area contributed by atoms with Gasteiger partial charge in [-0.3, -0.25) is 0 Å². The van der Waals surface area contributed by atoms with Gasteiger partial charge in [-0.15, -0.1) is 11.3 Å². The molecule has 2 rings (SSSR count). The van der Waals surface area contributed by atoms with Gasteiger partial charge >= 0.3 is 11.6 Å². The summed E-state index contributed by atoms with van der Waals surface area (Å²) in [5, 5.41) is 3.47. The normalized spacial score (nSPS) is 7.71. The van der Waals surface area contributed by atoms with Crippen LogP contribution in [0.4, 0.5) is 0 Å². The second-order valence-corrected chi connectivity index (χ2v) is 3.11. The Morgan fingerprint density at radius 3 is 2.21 bits per heavy atom. The van der Waals surface area contributed by atoms with E-state index in [0.717, 1.165) is 0 Å². The van der Waals surface area contributed by atoms with Gasteiger partial charge in [0.05, 0.1) is 0 Å². The predicted octanol–water partition coefficient (Wildman–Crippen LogP) is 1.89. The van der Waals surface area contributed by atoms with Crippen molar-refractivity contribution in [1.29, 1.82) is 0 Å². The monoisotopic (exact) mass is 246 g/mol. The van der Waals surface area contributed by atoms with E-state index >= 15 is 0 Å². The van der Waals surface area contributed by atoms with Crippen molar-refractivity contribution >= 4 is 45.5 Å². The van der Waals surface area contributed by atoms with Crippen LogP contribution in [0.3, 0.4) is 0 Å². The molecular weight excluding hydrogens is 240 g/mol. The molecule has 3 nitrogen and oxygen atoms in total. The maximum atomic E-state index is 8.29. The van der Waals surface area contributed by atoms with Crippen LogP contribution in [0, 0.1) is 0 Å². The third kappa shape index (κ3) is 4.31. The number of rotatable bonds is 0. The van der Waals surface area contributed by atoms with Crippen LogP contribution in [-0.2, 0) is 24.1 Å². The Hall–Kier alpha value is -0.980. The second kappa shape index (κ2) is 8.61. The minimum atomic E-state index is -0.750. The van der Waals surface area contributed by atoms with Crippen molar-refractivity contribution < 1.29 is 12.6 Å². The van der Waals surface area contributed by atoms with Gasteiger partial charge in [0.15, 0.2) is 12.5 Å². The molecule has 0 saturated heterocycles. The number of thiophene rings is 1. The maximum Gasteiger partial charge on any atom is 0.335 e. The van der Waals surface area contributed by atoms with Crippen LogP contribution in [0.1, 0.15) is 0 Å². The van der Waals surface area contributed by atoms with Crippen molar-refractivity contribution in [2.45, 2.75) is 0 Å². The van der Waals surface area contributed by atoms with Crippen LogP contribution in [0.15, 0.2) is 35.7 Å². The Morgan fingerprint density at radius 1 is 1.07 bits per heavy atom. The second-order valence-electron chi connectivity index (χ2n) is 2.03. The molecule has 0 N–H and O–H groups in total. The maximum absolute atomic E-state index is 8.29. The number of hydrogen-bond acceptors (Lipinski definition) is 5. The fourth-order valence-corrected chi connectivity index (χ4v) is 1.70. The summed E-state index contributed by atoms with van der Waals surface area (Å²) in [5.74, 6) is 0. The summed E-state index contributed by atoms with van der Waals surface area (Å²) in [6.07, 6.45) is 0. The van der Waals surface area contributed by atoms with Gasteiger partial charge in [-0.05, 0) is 22.9 Å². The lowest BCUT2D eigenvalue weighted by molar-refractivity contribution is 0.630. The van der Waals surface area contributed by atoms with Crippen molar-refractivity contribution in [3.63, 3.8) is 0 Å². The molecule has 74 valence electrons. The highest BCUT2D eigenvalue weighted by Gasteiger charge is 1.87. The molecule has 1 aromatic carbocycles. The van der Waals surface area contributed by atoms with E-state index in [2.05, 4.69) is 48.2 Å². The topological polar surface area (TPSA) is 51.2 Å². The van der Waals surface area contributed by atoms with E-state index in [9.17, 15) is 0 Å². The van der Waals surface area contributed by atoms with Crippen molar-refractivity contribution in [2.75, 3.05) is 0 Å². The third-order valence-electron chi connectivity index (χ3n) is 1.36. The molecule has 0 radical (unpaired) electrons. The summed E-state index contributed by atoms with van der Waals surface area (Å²) in [6.45, 7) is 0. The summed E-state index contributed by atoms with van der Waals surface area (Å²) in [6, 6.07) is 10.5. The first kappa shape index (κ1) is 13.0. The van der Waals surface area contributed by atoms with Gasteiger partial charge in [-0.2, -0.15) is 12.6 Å². The van der Waals surface area contributed by atoms with E-state index in [1.165, 1.54) is 10.1 Å². The largest absolute Gasteiger partial charge is 0.335 e. The SMILES string of the molecule is O=S.O=S=O.c1ccc2sccc2c1. The minimum absolute atomic E-state index is 0.750. The molecule has 0 spiro atoms. The van der Waals surface area contributed by atoms with Crippen LogP contribution in [0.5, 0.6) is 0 Å². The Morgan fingerprint density at radius 2 is 1.64 bits per heavy atom. The van der Waals surface area contributed by atoms with Gasteiger partial charge in [0, 0.05) is 4.70 Å². The van der Waals surface area contributed by atoms with E-state index in [4.69, 9.17) is 12.6 Å². The lowest BCUT2D eigenvalue weighted by Crippen LogP contribution is -1.56. The molecule has 0 amide bonds. The zero-order chi connectivity index (χ0) is 10.8. The molecule has 0 fully saturated rings. The predicted molar refractivity (Wildman–Crippen MR) is 58.9 cm³/mol. The number of fused-ring (bicyclic) bond motifs is 1. The van der Waals surface area contributed by atoms with Gasteiger partial charge < -0.3 is 0 Å². The smallest absolute Gasteiger partial charge is 0.197 e. The molecule has 1 heterocycles. The molecule has 0 aliphatic rings. The first-order valence-corrected chi connectivity index (χ1v) is 5.27. The zero-order valence-electron chi connectivity index (χ0n) is 6.91. The van der Waals surface area contributed by atoms with Crippen molar-refractivity contribution in [1.82, 2.24) is 0 Å². The Balaban J connectivity index is 0.000000294. The van der Waals surface area contributed by atoms with Crippen LogP contribution < -0.4 is 0 Å². The van der Waals surface area contributed by atoms with E-state index in [1.54, 1.807) is 11.3 Å². The quantitative estimate of drug-likeness (QED) is 0.712. The summed E-state index contributed by atoms with van der Waals surface area (Å²) in [4.78, 5) is 0. The molecule has 0 aliphatic carbocycles. The summed E-state index contributed by atoms with van der Waals surface area (Å²) in [7, 11) is 0. The van der Waals surface area contributed by atoms with Crippen LogP contribution in [-0.4, -0.2) is 12.6 Å².